The van der Waals surface area contributed by atoms with Crippen LogP contribution in [0.5, 0.6) is 0 Å². The number of carbonyl (C=O) groups excluding carboxylic acids is 1. The number of alkyl halides is 3. The lowest BCUT2D eigenvalue weighted by Crippen LogP contribution is -2.04. The molecular formula is C13H11F3N2OS. The first-order chi connectivity index (χ1) is 9.34. The highest BCUT2D eigenvalue weighted by Crippen LogP contribution is 2.29. The number of anilines is 1. The first-order valence-electron chi connectivity index (χ1n) is 5.73. The third kappa shape index (κ3) is 3.80. The second kappa shape index (κ2) is 5.62. The highest BCUT2D eigenvalue weighted by atomic mass is 32.1. The number of carbonyl (C=O) groups is 1. The van der Waals surface area contributed by atoms with Crippen molar-refractivity contribution in [2.75, 3.05) is 5.32 Å². The maximum atomic E-state index is 12.4. The Morgan fingerprint density at radius 3 is 2.50 bits per heavy atom. The van der Waals surface area contributed by atoms with Crippen molar-refractivity contribution in [3.05, 3.63) is 46.5 Å². The van der Waals surface area contributed by atoms with Crippen molar-refractivity contribution in [1.29, 1.82) is 0 Å². The van der Waals surface area contributed by atoms with Crippen molar-refractivity contribution in [3.63, 3.8) is 0 Å². The van der Waals surface area contributed by atoms with Gasteiger partial charge in [0.1, 0.15) is 0 Å². The van der Waals surface area contributed by atoms with Gasteiger partial charge in [0.2, 0.25) is 5.91 Å². The van der Waals surface area contributed by atoms with Gasteiger partial charge in [-0.3, -0.25) is 4.79 Å². The van der Waals surface area contributed by atoms with Gasteiger partial charge in [-0.2, -0.15) is 13.2 Å². The monoisotopic (exact) mass is 300 g/mol. The molecular weight excluding hydrogens is 289 g/mol. The summed E-state index contributed by atoms with van der Waals surface area (Å²) in [4.78, 5) is 15.7. The maximum absolute atomic E-state index is 12.4. The highest BCUT2D eigenvalue weighted by Gasteiger charge is 2.29. The lowest BCUT2D eigenvalue weighted by atomic mass is 10.1. The Kier molecular flexibility index (Phi) is 4.08. The van der Waals surface area contributed by atoms with Gasteiger partial charge in [0, 0.05) is 24.4 Å². The zero-order valence-electron chi connectivity index (χ0n) is 10.5. The van der Waals surface area contributed by atoms with E-state index in [9.17, 15) is 18.0 Å². The van der Waals surface area contributed by atoms with Crippen LogP contribution >= 0.6 is 11.3 Å². The molecule has 0 spiro atoms. The summed E-state index contributed by atoms with van der Waals surface area (Å²) in [6.07, 6.45) is -2.23. The molecule has 0 radical (unpaired) electrons. The number of rotatable bonds is 3. The standard InChI is InChI=1S/C13H11F3N2OS/c1-8(19)18-12-17-7-11(20-12)6-9-2-4-10(5-3-9)13(14,15)16/h2-5,7H,6H2,1H3,(H,17,18,19). The van der Waals surface area contributed by atoms with Crippen LogP contribution in [0.25, 0.3) is 0 Å². The Hall–Kier alpha value is -1.89. The number of hydrogen-bond acceptors (Lipinski definition) is 3. The van der Waals surface area contributed by atoms with E-state index in [-0.39, 0.29) is 5.91 Å². The number of amides is 1. The Morgan fingerprint density at radius 1 is 1.30 bits per heavy atom. The van der Waals surface area contributed by atoms with Crippen LogP contribution in [0.4, 0.5) is 18.3 Å². The van der Waals surface area contributed by atoms with E-state index in [1.807, 2.05) is 0 Å². The Bertz CT molecular complexity index is 605. The quantitative estimate of drug-likeness (QED) is 0.939. The van der Waals surface area contributed by atoms with Crippen LogP contribution in [0.15, 0.2) is 30.5 Å². The molecule has 0 saturated carbocycles. The molecule has 1 heterocycles. The molecule has 1 aromatic heterocycles. The summed E-state index contributed by atoms with van der Waals surface area (Å²) in [5.74, 6) is -0.208. The summed E-state index contributed by atoms with van der Waals surface area (Å²) in [6, 6.07) is 5.01. The smallest absolute Gasteiger partial charge is 0.302 e. The van der Waals surface area contributed by atoms with Crippen LogP contribution in [0.1, 0.15) is 22.9 Å². The van der Waals surface area contributed by atoms with Crippen molar-refractivity contribution < 1.29 is 18.0 Å². The minimum atomic E-state index is -4.32. The van der Waals surface area contributed by atoms with Gasteiger partial charge in [0.25, 0.3) is 0 Å². The summed E-state index contributed by atoms with van der Waals surface area (Å²) < 4.78 is 37.3. The van der Waals surface area contributed by atoms with Crippen molar-refractivity contribution in [2.45, 2.75) is 19.5 Å². The lowest BCUT2D eigenvalue weighted by molar-refractivity contribution is -0.137. The van der Waals surface area contributed by atoms with E-state index in [1.165, 1.54) is 30.4 Å². The molecule has 2 rings (SSSR count). The Labute approximate surface area is 117 Å². The molecule has 1 amide bonds. The van der Waals surface area contributed by atoms with E-state index in [1.54, 1.807) is 6.20 Å². The third-order valence-corrected chi connectivity index (χ3v) is 3.41. The number of thiazole rings is 1. The van der Waals surface area contributed by atoms with Crippen LogP contribution in [-0.4, -0.2) is 10.9 Å². The Balaban J connectivity index is 2.06. The van der Waals surface area contributed by atoms with Crippen LogP contribution in [0, 0.1) is 0 Å². The van der Waals surface area contributed by atoms with Crippen molar-refractivity contribution >= 4 is 22.4 Å². The SMILES string of the molecule is CC(=O)Nc1ncc(Cc2ccc(C(F)(F)F)cc2)s1. The van der Waals surface area contributed by atoms with Gasteiger partial charge in [-0.1, -0.05) is 12.1 Å². The first-order valence-corrected chi connectivity index (χ1v) is 6.54. The van der Waals surface area contributed by atoms with Gasteiger partial charge in [0.15, 0.2) is 5.13 Å². The second-order valence-corrected chi connectivity index (χ2v) is 5.30. The zero-order valence-corrected chi connectivity index (χ0v) is 11.3. The number of benzene rings is 1. The molecule has 0 saturated heterocycles. The molecule has 106 valence electrons. The molecule has 20 heavy (non-hydrogen) atoms. The zero-order chi connectivity index (χ0) is 14.8. The highest BCUT2D eigenvalue weighted by molar-refractivity contribution is 7.15. The number of nitrogens with one attached hydrogen (secondary N) is 1. The number of aromatic nitrogens is 1. The predicted octanol–water partition coefficient (Wildman–Crippen LogP) is 3.71. The summed E-state index contributed by atoms with van der Waals surface area (Å²) in [5, 5.41) is 3.05. The van der Waals surface area contributed by atoms with Crippen LogP contribution in [0.2, 0.25) is 0 Å². The number of halogens is 3. The second-order valence-electron chi connectivity index (χ2n) is 4.18. The predicted molar refractivity (Wildman–Crippen MR) is 70.7 cm³/mol. The molecule has 0 aliphatic rings. The van der Waals surface area contributed by atoms with Crippen LogP contribution in [0.3, 0.4) is 0 Å². The van der Waals surface area contributed by atoms with Crippen LogP contribution in [-0.2, 0) is 17.4 Å². The van der Waals surface area contributed by atoms with E-state index in [0.29, 0.717) is 11.6 Å². The minimum Gasteiger partial charge on any atom is -0.302 e. The van der Waals surface area contributed by atoms with Gasteiger partial charge >= 0.3 is 6.18 Å². The fraction of sp³-hybridized carbons (Fsp3) is 0.231. The third-order valence-electron chi connectivity index (χ3n) is 2.50. The van der Waals surface area contributed by atoms with Crippen molar-refractivity contribution in [2.24, 2.45) is 0 Å². The van der Waals surface area contributed by atoms with Gasteiger partial charge in [-0.05, 0) is 17.7 Å². The molecule has 1 N–H and O–H groups in total. The van der Waals surface area contributed by atoms with Gasteiger partial charge < -0.3 is 5.32 Å². The summed E-state index contributed by atoms with van der Waals surface area (Å²) in [7, 11) is 0. The average molecular weight is 300 g/mol. The van der Waals surface area contributed by atoms with Crippen molar-refractivity contribution in [3.8, 4) is 0 Å². The van der Waals surface area contributed by atoms with Crippen LogP contribution < -0.4 is 5.32 Å². The van der Waals surface area contributed by atoms with E-state index in [0.717, 1.165) is 22.6 Å². The molecule has 0 fully saturated rings. The van der Waals surface area contributed by atoms with Crippen molar-refractivity contribution in [1.82, 2.24) is 4.98 Å². The molecule has 0 unspecified atom stereocenters. The van der Waals surface area contributed by atoms with Gasteiger partial charge in [-0.15, -0.1) is 11.3 Å². The number of nitrogens with zero attached hydrogens (tertiary/aromatic N) is 1. The van der Waals surface area contributed by atoms with E-state index >= 15 is 0 Å². The fourth-order valence-electron chi connectivity index (χ4n) is 1.61. The Morgan fingerprint density at radius 2 is 1.95 bits per heavy atom. The van der Waals surface area contributed by atoms with Gasteiger partial charge in [-0.25, -0.2) is 4.98 Å². The van der Waals surface area contributed by atoms with E-state index in [2.05, 4.69) is 10.3 Å². The molecule has 0 aliphatic carbocycles. The molecule has 0 bridgehead atoms. The lowest BCUT2D eigenvalue weighted by Gasteiger charge is -2.06. The summed E-state index contributed by atoms with van der Waals surface area (Å²) >= 11 is 1.30. The first kappa shape index (κ1) is 14.5. The number of hydrogen-bond donors (Lipinski definition) is 1. The van der Waals surface area contributed by atoms with Gasteiger partial charge in [0.05, 0.1) is 5.56 Å². The molecule has 3 nitrogen and oxygen atoms in total. The molecule has 1 aromatic carbocycles. The topological polar surface area (TPSA) is 42.0 Å². The molecule has 0 atom stereocenters. The largest absolute Gasteiger partial charge is 0.416 e. The summed E-state index contributed by atoms with van der Waals surface area (Å²) in [5.41, 5.74) is 0.0977. The maximum Gasteiger partial charge on any atom is 0.416 e. The molecule has 7 heteroatoms. The van der Waals surface area contributed by atoms with E-state index in [4.69, 9.17) is 0 Å². The fourth-order valence-corrected chi connectivity index (χ4v) is 2.50. The molecule has 0 aliphatic heterocycles. The normalized spacial score (nSPS) is 11.4. The average Bonchev–Trinajstić information content (AvgIpc) is 2.75. The van der Waals surface area contributed by atoms with E-state index < -0.39 is 11.7 Å². The molecule has 2 aromatic rings. The summed E-state index contributed by atoms with van der Waals surface area (Å²) in [6.45, 7) is 1.39. The minimum absolute atomic E-state index is 0.208.